The molecule has 1 atom stereocenters. The molecule has 0 amide bonds. The number of nitriles is 1. The van der Waals surface area contributed by atoms with Crippen LogP contribution in [0, 0.1) is 11.3 Å². The molecule has 0 aromatic carbocycles. The zero-order chi connectivity index (χ0) is 13.2. The van der Waals surface area contributed by atoms with Gasteiger partial charge in [-0.25, -0.2) is 9.97 Å². The number of fused-ring (bicyclic) bond motifs is 1. The molecule has 1 aliphatic heterocycles. The van der Waals surface area contributed by atoms with Gasteiger partial charge >= 0.3 is 0 Å². The summed E-state index contributed by atoms with van der Waals surface area (Å²) in [4.78, 5) is 8.34. The number of nitrogens with one attached hydrogen (secondary N) is 1. The Hall–Kier alpha value is -1.90. The summed E-state index contributed by atoms with van der Waals surface area (Å²) in [5.74, 6) is 0.661. The van der Waals surface area contributed by atoms with Crippen LogP contribution in [0.4, 0.5) is 5.82 Å². The fourth-order valence-corrected chi connectivity index (χ4v) is 2.29. The number of ether oxygens (including phenoxy) is 1. The van der Waals surface area contributed by atoms with E-state index in [-0.39, 0.29) is 6.04 Å². The second kappa shape index (κ2) is 5.00. The monoisotopic (exact) mass is 274 g/mol. The number of anilines is 1. The molecule has 1 unspecified atom stereocenters. The van der Waals surface area contributed by atoms with Crippen molar-refractivity contribution in [2.24, 2.45) is 0 Å². The van der Waals surface area contributed by atoms with Crippen molar-refractivity contribution in [2.45, 2.75) is 12.5 Å². The molecule has 0 aliphatic carbocycles. The van der Waals surface area contributed by atoms with E-state index in [0.717, 1.165) is 23.8 Å². The minimum atomic E-state index is 0.219. The lowest BCUT2D eigenvalue weighted by Crippen LogP contribution is -2.20. The predicted octanol–water partition coefficient (Wildman–Crippen LogP) is 2.36. The SMILES string of the molecule is N#Cc1cc2cnc(Cl)cc2c(NC2CCOC2)n1. The first-order chi connectivity index (χ1) is 9.26. The van der Waals surface area contributed by atoms with Crippen LogP contribution in [-0.4, -0.2) is 29.2 Å². The molecule has 3 rings (SSSR count). The molecule has 2 aromatic rings. The molecule has 0 saturated carbocycles. The van der Waals surface area contributed by atoms with E-state index in [1.807, 2.05) is 0 Å². The van der Waals surface area contributed by atoms with E-state index in [2.05, 4.69) is 21.4 Å². The molecule has 96 valence electrons. The minimum absolute atomic E-state index is 0.219. The van der Waals surface area contributed by atoms with Gasteiger partial charge in [-0.15, -0.1) is 0 Å². The van der Waals surface area contributed by atoms with E-state index in [1.165, 1.54) is 0 Å². The minimum Gasteiger partial charge on any atom is -0.379 e. The van der Waals surface area contributed by atoms with Gasteiger partial charge in [0.25, 0.3) is 0 Å². The Balaban J connectivity index is 2.08. The summed E-state index contributed by atoms with van der Waals surface area (Å²) in [7, 11) is 0. The maximum atomic E-state index is 9.03. The third-order valence-corrected chi connectivity index (χ3v) is 3.27. The number of rotatable bonds is 2. The van der Waals surface area contributed by atoms with Gasteiger partial charge in [0.05, 0.1) is 12.6 Å². The van der Waals surface area contributed by atoms with Crippen LogP contribution >= 0.6 is 11.6 Å². The second-order valence-electron chi connectivity index (χ2n) is 4.40. The molecule has 3 heterocycles. The van der Waals surface area contributed by atoms with Gasteiger partial charge in [0.15, 0.2) is 0 Å². The van der Waals surface area contributed by atoms with Crippen LogP contribution in [-0.2, 0) is 4.74 Å². The average molecular weight is 275 g/mol. The van der Waals surface area contributed by atoms with Gasteiger partial charge in [-0.1, -0.05) is 11.6 Å². The molecule has 2 aromatic heterocycles. The normalized spacial score (nSPS) is 18.4. The summed E-state index contributed by atoms with van der Waals surface area (Å²) < 4.78 is 5.33. The first-order valence-corrected chi connectivity index (χ1v) is 6.35. The van der Waals surface area contributed by atoms with Gasteiger partial charge in [-0.05, 0) is 18.6 Å². The summed E-state index contributed by atoms with van der Waals surface area (Å²) in [5.41, 5.74) is 0.359. The maximum Gasteiger partial charge on any atom is 0.143 e. The van der Waals surface area contributed by atoms with Crippen molar-refractivity contribution in [1.82, 2.24) is 9.97 Å². The number of nitrogens with zero attached hydrogens (tertiary/aromatic N) is 3. The predicted molar refractivity (Wildman–Crippen MR) is 72.1 cm³/mol. The van der Waals surface area contributed by atoms with E-state index in [1.54, 1.807) is 18.3 Å². The topological polar surface area (TPSA) is 70.8 Å². The van der Waals surface area contributed by atoms with Crippen LogP contribution < -0.4 is 5.32 Å². The molecule has 0 radical (unpaired) electrons. The fourth-order valence-electron chi connectivity index (χ4n) is 2.13. The Kier molecular flexibility index (Phi) is 3.20. The second-order valence-corrected chi connectivity index (χ2v) is 4.79. The van der Waals surface area contributed by atoms with E-state index < -0.39 is 0 Å². The molecule has 5 nitrogen and oxygen atoms in total. The van der Waals surface area contributed by atoms with Gasteiger partial charge in [0.1, 0.15) is 22.7 Å². The van der Waals surface area contributed by atoms with Crippen molar-refractivity contribution in [3.63, 3.8) is 0 Å². The third-order valence-electron chi connectivity index (χ3n) is 3.07. The highest BCUT2D eigenvalue weighted by molar-refractivity contribution is 6.30. The van der Waals surface area contributed by atoms with Crippen LogP contribution in [0.3, 0.4) is 0 Å². The van der Waals surface area contributed by atoms with Crippen LogP contribution in [0.1, 0.15) is 12.1 Å². The number of halogens is 1. The molecule has 1 aliphatic rings. The van der Waals surface area contributed by atoms with Crippen molar-refractivity contribution >= 4 is 28.2 Å². The molecule has 6 heteroatoms. The molecule has 0 spiro atoms. The lowest BCUT2D eigenvalue weighted by Gasteiger charge is -2.13. The molecule has 1 N–H and O–H groups in total. The summed E-state index contributed by atoms with van der Waals surface area (Å²) in [6, 6.07) is 5.73. The third kappa shape index (κ3) is 2.46. The van der Waals surface area contributed by atoms with Crippen LogP contribution in [0.15, 0.2) is 18.3 Å². The molecule has 1 fully saturated rings. The smallest absolute Gasteiger partial charge is 0.143 e. The molecular weight excluding hydrogens is 264 g/mol. The summed E-state index contributed by atoms with van der Waals surface area (Å²) in [5, 5.41) is 14.5. The standard InChI is InChI=1S/C13H11ClN4O/c14-12-4-11-8(6-16-12)3-10(5-15)18-13(11)17-9-1-2-19-7-9/h3-4,6,9H,1-2,7H2,(H,17,18). The van der Waals surface area contributed by atoms with Crippen LogP contribution in [0.2, 0.25) is 5.15 Å². The Morgan fingerprint density at radius 3 is 3.11 bits per heavy atom. The van der Waals surface area contributed by atoms with Crippen LogP contribution in [0.5, 0.6) is 0 Å². The highest BCUT2D eigenvalue weighted by Crippen LogP contribution is 2.25. The van der Waals surface area contributed by atoms with Gasteiger partial charge in [0, 0.05) is 23.6 Å². The van der Waals surface area contributed by atoms with Gasteiger partial charge in [-0.3, -0.25) is 0 Å². The number of hydrogen-bond donors (Lipinski definition) is 1. The van der Waals surface area contributed by atoms with Gasteiger partial charge in [-0.2, -0.15) is 5.26 Å². The first kappa shape index (κ1) is 12.2. The van der Waals surface area contributed by atoms with Crippen molar-refractivity contribution in [1.29, 1.82) is 5.26 Å². The average Bonchev–Trinajstić information content (AvgIpc) is 2.92. The summed E-state index contributed by atoms with van der Waals surface area (Å²) >= 11 is 5.92. The van der Waals surface area contributed by atoms with E-state index >= 15 is 0 Å². The van der Waals surface area contributed by atoms with Gasteiger partial charge < -0.3 is 10.1 Å². The number of hydrogen-bond acceptors (Lipinski definition) is 5. The van der Waals surface area contributed by atoms with Crippen LogP contribution in [0.25, 0.3) is 10.8 Å². The summed E-state index contributed by atoms with van der Waals surface area (Å²) in [6.07, 6.45) is 2.58. The molecular formula is C13H11ClN4O. The quantitative estimate of drug-likeness (QED) is 0.851. The molecule has 19 heavy (non-hydrogen) atoms. The fraction of sp³-hybridized carbons (Fsp3) is 0.308. The maximum absolute atomic E-state index is 9.03. The van der Waals surface area contributed by atoms with E-state index in [4.69, 9.17) is 21.6 Å². The van der Waals surface area contributed by atoms with Crippen molar-refractivity contribution in [3.05, 3.63) is 29.2 Å². The molecule has 1 saturated heterocycles. The Morgan fingerprint density at radius 1 is 1.47 bits per heavy atom. The highest BCUT2D eigenvalue weighted by atomic mass is 35.5. The van der Waals surface area contributed by atoms with E-state index in [0.29, 0.717) is 23.3 Å². The summed E-state index contributed by atoms with van der Waals surface area (Å²) in [6.45, 7) is 1.40. The van der Waals surface area contributed by atoms with Gasteiger partial charge in [0.2, 0.25) is 0 Å². The molecule has 0 bridgehead atoms. The van der Waals surface area contributed by atoms with Crippen molar-refractivity contribution < 1.29 is 4.74 Å². The lowest BCUT2D eigenvalue weighted by molar-refractivity contribution is 0.195. The highest BCUT2D eigenvalue weighted by Gasteiger charge is 2.17. The number of pyridine rings is 2. The lowest BCUT2D eigenvalue weighted by atomic mass is 10.1. The Labute approximate surface area is 115 Å². The number of aromatic nitrogens is 2. The van der Waals surface area contributed by atoms with E-state index in [9.17, 15) is 0 Å². The Bertz CT molecular complexity index is 661. The van der Waals surface area contributed by atoms with Crippen molar-refractivity contribution in [2.75, 3.05) is 18.5 Å². The zero-order valence-corrected chi connectivity index (χ0v) is 10.8. The largest absolute Gasteiger partial charge is 0.379 e. The van der Waals surface area contributed by atoms with Crippen molar-refractivity contribution in [3.8, 4) is 6.07 Å². The first-order valence-electron chi connectivity index (χ1n) is 5.97. The Morgan fingerprint density at radius 2 is 2.37 bits per heavy atom. The zero-order valence-electron chi connectivity index (χ0n) is 10.1.